The van der Waals surface area contributed by atoms with E-state index in [1.807, 2.05) is 53.1 Å². The molecule has 0 bridgehead atoms. The third-order valence-electron chi connectivity index (χ3n) is 3.65. The molecule has 0 atom stereocenters. The number of hydrogen-bond donors (Lipinski definition) is 0. The summed E-state index contributed by atoms with van der Waals surface area (Å²) in [5, 5.41) is 0.685. The highest BCUT2D eigenvalue weighted by Gasteiger charge is 2.16. The second-order valence-electron chi connectivity index (χ2n) is 5.12. The SMILES string of the molecule is Clc1ccc2nc(-c3ccco3)c(Cc3ccccc3)n2c1. The Hall–Kier alpha value is -2.52. The fraction of sp³-hybridized carbons (Fsp3) is 0.0556. The fourth-order valence-corrected chi connectivity index (χ4v) is 2.80. The predicted molar refractivity (Wildman–Crippen MR) is 87.2 cm³/mol. The molecule has 1 aromatic carbocycles. The summed E-state index contributed by atoms with van der Waals surface area (Å²) >= 11 is 6.16. The summed E-state index contributed by atoms with van der Waals surface area (Å²) in [4.78, 5) is 4.70. The molecule has 3 aromatic heterocycles. The van der Waals surface area contributed by atoms with Crippen LogP contribution in [0, 0.1) is 0 Å². The minimum absolute atomic E-state index is 0.685. The van der Waals surface area contributed by atoms with Crippen molar-refractivity contribution in [3.05, 3.63) is 83.3 Å². The van der Waals surface area contributed by atoms with Gasteiger partial charge in [0.15, 0.2) is 5.76 Å². The molecule has 0 unspecified atom stereocenters. The molecule has 4 aromatic rings. The molecule has 0 aliphatic heterocycles. The minimum atomic E-state index is 0.685. The zero-order valence-electron chi connectivity index (χ0n) is 11.7. The van der Waals surface area contributed by atoms with Crippen LogP contribution in [0.4, 0.5) is 0 Å². The molecule has 4 rings (SSSR count). The van der Waals surface area contributed by atoms with Gasteiger partial charge in [-0.2, -0.15) is 0 Å². The lowest BCUT2D eigenvalue weighted by Crippen LogP contribution is -1.96. The van der Waals surface area contributed by atoms with Gasteiger partial charge in [-0.15, -0.1) is 0 Å². The van der Waals surface area contributed by atoms with E-state index in [2.05, 4.69) is 12.1 Å². The Kier molecular flexibility index (Phi) is 3.20. The van der Waals surface area contributed by atoms with Crippen LogP contribution in [0.1, 0.15) is 11.3 Å². The zero-order chi connectivity index (χ0) is 14.9. The first-order valence-corrected chi connectivity index (χ1v) is 7.43. The summed E-state index contributed by atoms with van der Waals surface area (Å²) in [6.07, 6.45) is 4.33. The van der Waals surface area contributed by atoms with Crippen molar-refractivity contribution in [1.82, 2.24) is 9.38 Å². The third kappa shape index (κ3) is 2.30. The molecule has 108 valence electrons. The van der Waals surface area contributed by atoms with Crippen molar-refractivity contribution in [1.29, 1.82) is 0 Å². The molecule has 22 heavy (non-hydrogen) atoms. The molecule has 0 amide bonds. The van der Waals surface area contributed by atoms with Crippen LogP contribution in [-0.4, -0.2) is 9.38 Å². The van der Waals surface area contributed by atoms with Crippen molar-refractivity contribution in [2.24, 2.45) is 0 Å². The molecule has 4 heteroatoms. The standard InChI is InChI=1S/C18H13ClN2O/c19-14-8-9-17-20-18(16-7-4-10-22-16)15(21(17)12-14)11-13-5-2-1-3-6-13/h1-10,12H,11H2. The van der Waals surface area contributed by atoms with Crippen LogP contribution < -0.4 is 0 Å². The summed E-state index contributed by atoms with van der Waals surface area (Å²) in [5.74, 6) is 0.769. The van der Waals surface area contributed by atoms with E-state index in [1.54, 1.807) is 6.26 Å². The van der Waals surface area contributed by atoms with Gasteiger partial charge in [-0.25, -0.2) is 4.98 Å². The molecule has 0 fully saturated rings. The Labute approximate surface area is 132 Å². The van der Waals surface area contributed by atoms with Crippen LogP contribution in [0.15, 0.2) is 71.5 Å². The highest BCUT2D eigenvalue weighted by atomic mass is 35.5. The van der Waals surface area contributed by atoms with Crippen LogP contribution in [0.2, 0.25) is 5.02 Å². The molecular weight excluding hydrogens is 296 g/mol. The molecule has 3 heterocycles. The van der Waals surface area contributed by atoms with Crippen molar-refractivity contribution >= 4 is 17.2 Å². The molecule has 3 nitrogen and oxygen atoms in total. The van der Waals surface area contributed by atoms with Crippen molar-refractivity contribution in [2.75, 3.05) is 0 Å². The minimum Gasteiger partial charge on any atom is -0.463 e. The summed E-state index contributed by atoms with van der Waals surface area (Å²) < 4.78 is 7.58. The Morgan fingerprint density at radius 2 is 1.86 bits per heavy atom. The number of pyridine rings is 1. The molecule has 0 saturated heterocycles. The van der Waals surface area contributed by atoms with E-state index in [0.29, 0.717) is 5.02 Å². The summed E-state index contributed by atoms with van der Waals surface area (Å²) in [7, 11) is 0. The number of halogens is 1. The third-order valence-corrected chi connectivity index (χ3v) is 3.87. The van der Waals surface area contributed by atoms with Crippen LogP contribution in [0.25, 0.3) is 17.1 Å². The van der Waals surface area contributed by atoms with E-state index < -0.39 is 0 Å². The van der Waals surface area contributed by atoms with Crippen LogP contribution in [0.3, 0.4) is 0 Å². The van der Waals surface area contributed by atoms with Gasteiger partial charge < -0.3 is 8.82 Å². The Morgan fingerprint density at radius 1 is 1.00 bits per heavy atom. The monoisotopic (exact) mass is 308 g/mol. The number of imidazole rings is 1. The lowest BCUT2D eigenvalue weighted by molar-refractivity contribution is 0.579. The fourth-order valence-electron chi connectivity index (χ4n) is 2.64. The van der Waals surface area contributed by atoms with Crippen molar-refractivity contribution in [3.63, 3.8) is 0 Å². The van der Waals surface area contributed by atoms with Gasteiger partial charge in [0.2, 0.25) is 0 Å². The molecular formula is C18H13ClN2O. The maximum absolute atomic E-state index is 6.16. The lowest BCUT2D eigenvalue weighted by Gasteiger charge is -2.05. The number of nitrogens with zero attached hydrogens (tertiary/aromatic N) is 2. The van der Waals surface area contributed by atoms with Gasteiger partial charge >= 0.3 is 0 Å². The van der Waals surface area contributed by atoms with E-state index in [-0.39, 0.29) is 0 Å². The van der Waals surface area contributed by atoms with Gasteiger partial charge in [0.25, 0.3) is 0 Å². The second kappa shape index (κ2) is 5.35. The molecule has 0 spiro atoms. The van der Waals surface area contributed by atoms with E-state index in [1.165, 1.54) is 5.56 Å². The van der Waals surface area contributed by atoms with E-state index >= 15 is 0 Å². The van der Waals surface area contributed by atoms with Gasteiger partial charge in [0, 0.05) is 12.6 Å². The molecule has 0 saturated carbocycles. The summed E-state index contributed by atoms with van der Waals surface area (Å²) in [6.45, 7) is 0. The number of aromatic nitrogens is 2. The lowest BCUT2D eigenvalue weighted by atomic mass is 10.1. The highest BCUT2D eigenvalue weighted by molar-refractivity contribution is 6.30. The largest absolute Gasteiger partial charge is 0.463 e. The first kappa shape index (κ1) is 13.2. The number of benzene rings is 1. The topological polar surface area (TPSA) is 30.4 Å². The van der Waals surface area contributed by atoms with E-state index in [4.69, 9.17) is 21.0 Å². The summed E-state index contributed by atoms with van der Waals surface area (Å²) in [6, 6.07) is 17.9. The average molecular weight is 309 g/mol. The smallest absolute Gasteiger partial charge is 0.154 e. The normalized spacial score (nSPS) is 11.1. The molecule has 0 aliphatic carbocycles. The van der Waals surface area contributed by atoms with Gasteiger partial charge in [-0.05, 0) is 29.8 Å². The van der Waals surface area contributed by atoms with Crippen molar-refractivity contribution < 1.29 is 4.42 Å². The van der Waals surface area contributed by atoms with E-state index in [9.17, 15) is 0 Å². The quantitative estimate of drug-likeness (QED) is 0.542. The number of hydrogen-bond acceptors (Lipinski definition) is 2. The molecule has 0 N–H and O–H groups in total. The van der Waals surface area contributed by atoms with E-state index in [0.717, 1.165) is 29.2 Å². The van der Waals surface area contributed by atoms with Crippen LogP contribution in [0.5, 0.6) is 0 Å². The molecule has 0 radical (unpaired) electrons. The van der Waals surface area contributed by atoms with Gasteiger partial charge in [-0.3, -0.25) is 0 Å². The van der Waals surface area contributed by atoms with Gasteiger partial charge in [0.05, 0.1) is 17.0 Å². The van der Waals surface area contributed by atoms with Crippen molar-refractivity contribution in [3.8, 4) is 11.5 Å². The van der Waals surface area contributed by atoms with Crippen molar-refractivity contribution in [2.45, 2.75) is 6.42 Å². The Bertz CT molecular complexity index is 911. The predicted octanol–water partition coefficient (Wildman–Crippen LogP) is 4.84. The second-order valence-corrected chi connectivity index (χ2v) is 5.56. The van der Waals surface area contributed by atoms with Gasteiger partial charge in [-0.1, -0.05) is 41.9 Å². The first-order chi connectivity index (χ1) is 10.8. The molecule has 0 aliphatic rings. The Morgan fingerprint density at radius 3 is 2.64 bits per heavy atom. The van der Waals surface area contributed by atoms with Crippen LogP contribution in [-0.2, 0) is 6.42 Å². The number of fused-ring (bicyclic) bond motifs is 1. The number of furan rings is 1. The summed E-state index contributed by atoms with van der Waals surface area (Å²) in [5.41, 5.74) is 4.01. The highest BCUT2D eigenvalue weighted by Crippen LogP contribution is 2.27. The Balaban J connectivity index is 1.93. The average Bonchev–Trinajstić information content (AvgIpc) is 3.17. The maximum atomic E-state index is 6.16. The van der Waals surface area contributed by atoms with Crippen LogP contribution >= 0.6 is 11.6 Å². The number of rotatable bonds is 3. The maximum Gasteiger partial charge on any atom is 0.154 e. The zero-order valence-corrected chi connectivity index (χ0v) is 12.5. The van der Waals surface area contributed by atoms with Gasteiger partial charge in [0.1, 0.15) is 11.3 Å². The first-order valence-electron chi connectivity index (χ1n) is 7.05.